The highest BCUT2D eigenvalue weighted by Crippen LogP contribution is 2.02. The molecule has 3 nitrogen and oxygen atoms in total. The number of hydrogen-bond donors (Lipinski definition) is 0. The molecule has 0 radical (unpaired) electrons. The van der Waals surface area contributed by atoms with E-state index in [4.69, 9.17) is 4.18 Å². The fourth-order valence-corrected chi connectivity index (χ4v) is 2.05. The van der Waals surface area contributed by atoms with Crippen LogP contribution in [0.5, 0.6) is 0 Å². The molecule has 0 fully saturated rings. The van der Waals surface area contributed by atoms with Gasteiger partial charge in [0.15, 0.2) is 0 Å². The number of rotatable bonds is 8. The molecule has 0 bridgehead atoms. The van der Waals surface area contributed by atoms with Crippen LogP contribution >= 0.6 is 0 Å². The summed E-state index contributed by atoms with van der Waals surface area (Å²) in [4.78, 5) is 0. The van der Waals surface area contributed by atoms with Gasteiger partial charge in [-0.15, -0.1) is 0 Å². The van der Waals surface area contributed by atoms with Crippen LogP contribution < -0.4 is 0 Å². The summed E-state index contributed by atoms with van der Waals surface area (Å²) in [5, 5.41) is 0. The van der Waals surface area contributed by atoms with Gasteiger partial charge in [0.05, 0.1) is 12.4 Å². The number of halogens is 1. The summed E-state index contributed by atoms with van der Waals surface area (Å²) in [6.07, 6.45) is 4.52. The maximum Gasteiger partial charge on any atom is 0.267 e. The molecule has 0 unspecified atom stereocenters. The van der Waals surface area contributed by atoms with E-state index in [-0.39, 0.29) is 10.5 Å². The van der Waals surface area contributed by atoms with E-state index in [2.05, 4.69) is 6.92 Å². The first-order chi connectivity index (χ1) is 6.12. The van der Waals surface area contributed by atoms with Crippen molar-refractivity contribution in [2.45, 2.75) is 46.0 Å². The number of unbranched alkanes of at least 4 members (excludes halogenated alkanes) is 3. The van der Waals surface area contributed by atoms with Crippen molar-refractivity contribution in [1.82, 2.24) is 0 Å². The standard InChI is InChI=1S/C9H20O3S.FH/c1-3-5-7-8-12-13(10,11)9-6-4-2;/h3-9H2,1-2H3;1H. The highest BCUT2D eigenvalue weighted by atomic mass is 32.2. The molecule has 0 saturated heterocycles. The number of hydrogen-bond acceptors (Lipinski definition) is 3. The Bertz CT molecular complexity index is 202. The van der Waals surface area contributed by atoms with Crippen molar-refractivity contribution in [1.29, 1.82) is 0 Å². The third-order valence-corrected chi connectivity index (χ3v) is 3.07. The predicted molar refractivity (Wildman–Crippen MR) is 56.7 cm³/mol. The average molecular weight is 228 g/mol. The topological polar surface area (TPSA) is 43.4 Å². The van der Waals surface area contributed by atoms with E-state index in [9.17, 15) is 8.42 Å². The second-order valence-corrected chi connectivity index (χ2v) is 4.90. The molecule has 0 N–H and O–H groups in total. The fraction of sp³-hybridized carbons (Fsp3) is 1.00. The maximum atomic E-state index is 11.1. The molecule has 88 valence electrons. The van der Waals surface area contributed by atoms with Crippen molar-refractivity contribution in [3.63, 3.8) is 0 Å². The van der Waals surface area contributed by atoms with E-state index >= 15 is 0 Å². The Hall–Kier alpha value is -0.160. The SMILES string of the molecule is CCCCCOS(=O)(=O)CCCC.F. The van der Waals surface area contributed by atoms with Crippen molar-refractivity contribution >= 4 is 10.1 Å². The Labute approximate surface area is 86.3 Å². The first-order valence-electron chi connectivity index (χ1n) is 4.99. The molecule has 0 saturated carbocycles. The molecule has 14 heavy (non-hydrogen) atoms. The average Bonchev–Trinajstić information content (AvgIpc) is 2.09. The monoisotopic (exact) mass is 228 g/mol. The van der Waals surface area contributed by atoms with Crippen LogP contribution in [0.2, 0.25) is 0 Å². The lowest BCUT2D eigenvalue weighted by molar-refractivity contribution is 0.307. The van der Waals surface area contributed by atoms with Crippen LogP contribution in [0.25, 0.3) is 0 Å². The summed E-state index contributed by atoms with van der Waals surface area (Å²) in [6.45, 7) is 4.39. The largest absolute Gasteiger partial charge is 0.270 e. The van der Waals surface area contributed by atoms with E-state index in [0.717, 1.165) is 25.7 Å². The molecule has 0 aromatic rings. The van der Waals surface area contributed by atoms with Crippen molar-refractivity contribution in [2.24, 2.45) is 0 Å². The van der Waals surface area contributed by atoms with Crippen LogP contribution in [0.4, 0.5) is 4.70 Å². The van der Waals surface area contributed by atoms with Crippen LogP contribution in [0.3, 0.4) is 0 Å². The van der Waals surface area contributed by atoms with Crippen LogP contribution in [-0.4, -0.2) is 20.8 Å². The van der Waals surface area contributed by atoms with Gasteiger partial charge >= 0.3 is 0 Å². The molecule has 0 amide bonds. The lowest BCUT2D eigenvalue weighted by Gasteiger charge is -2.03. The first-order valence-corrected chi connectivity index (χ1v) is 6.57. The zero-order chi connectivity index (χ0) is 10.2. The Balaban J connectivity index is 0. The van der Waals surface area contributed by atoms with Crippen molar-refractivity contribution in [3.8, 4) is 0 Å². The minimum absolute atomic E-state index is 0. The van der Waals surface area contributed by atoms with E-state index in [1.807, 2.05) is 6.92 Å². The van der Waals surface area contributed by atoms with Crippen molar-refractivity contribution in [2.75, 3.05) is 12.4 Å². The van der Waals surface area contributed by atoms with Gasteiger partial charge in [0.1, 0.15) is 0 Å². The molecule has 5 heteroatoms. The molecule has 0 atom stereocenters. The molecule has 0 aliphatic heterocycles. The van der Waals surface area contributed by atoms with Gasteiger partial charge in [-0.25, -0.2) is 0 Å². The summed E-state index contributed by atoms with van der Waals surface area (Å²) >= 11 is 0. The molecule has 0 aliphatic carbocycles. The summed E-state index contributed by atoms with van der Waals surface area (Å²) in [5.74, 6) is 0.162. The van der Waals surface area contributed by atoms with Crippen molar-refractivity contribution < 1.29 is 17.3 Å². The molecular weight excluding hydrogens is 207 g/mol. The molecule has 0 heterocycles. The van der Waals surface area contributed by atoms with Gasteiger partial charge in [-0.3, -0.25) is 8.89 Å². The third kappa shape index (κ3) is 9.92. The van der Waals surface area contributed by atoms with Gasteiger partial charge in [-0.1, -0.05) is 33.1 Å². The summed E-state index contributed by atoms with van der Waals surface area (Å²) < 4.78 is 27.1. The molecule has 0 aromatic heterocycles. The van der Waals surface area contributed by atoms with Gasteiger partial charge in [-0.2, -0.15) is 8.42 Å². The molecule has 0 rings (SSSR count). The van der Waals surface area contributed by atoms with Crippen LogP contribution in [0.1, 0.15) is 46.0 Å². The quantitative estimate of drug-likeness (QED) is 0.473. The summed E-state index contributed by atoms with van der Waals surface area (Å²) in [6, 6.07) is 0. The fourth-order valence-electron chi connectivity index (χ4n) is 0.918. The third-order valence-electron chi connectivity index (χ3n) is 1.76. The van der Waals surface area contributed by atoms with Gasteiger partial charge in [-0.05, 0) is 12.8 Å². The van der Waals surface area contributed by atoms with Gasteiger partial charge in [0.2, 0.25) is 0 Å². The Kier molecular flexibility index (Phi) is 10.9. The lowest BCUT2D eigenvalue weighted by atomic mass is 10.3. The van der Waals surface area contributed by atoms with E-state index in [1.54, 1.807) is 0 Å². The van der Waals surface area contributed by atoms with E-state index < -0.39 is 10.1 Å². The Morgan fingerprint density at radius 1 is 1.00 bits per heavy atom. The first kappa shape index (κ1) is 16.3. The van der Waals surface area contributed by atoms with Crippen LogP contribution in [0.15, 0.2) is 0 Å². The second-order valence-electron chi connectivity index (χ2n) is 3.14. The Morgan fingerprint density at radius 3 is 2.07 bits per heavy atom. The maximum absolute atomic E-state index is 11.1. The highest BCUT2D eigenvalue weighted by Gasteiger charge is 2.08. The predicted octanol–water partition coefficient (Wildman–Crippen LogP) is 2.48. The second kappa shape index (κ2) is 9.40. The molecule has 0 aromatic carbocycles. The van der Waals surface area contributed by atoms with Gasteiger partial charge in [0.25, 0.3) is 10.1 Å². The zero-order valence-corrected chi connectivity index (χ0v) is 9.81. The lowest BCUT2D eigenvalue weighted by Crippen LogP contribution is -2.11. The van der Waals surface area contributed by atoms with Crippen LogP contribution in [-0.2, 0) is 14.3 Å². The van der Waals surface area contributed by atoms with Gasteiger partial charge < -0.3 is 0 Å². The zero-order valence-electron chi connectivity index (χ0n) is 8.99. The van der Waals surface area contributed by atoms with Crippen molar-refractivity contribution in [3.05, 3.63) is 0 Å². The Morgan fingerprint density at radius 2 is 1.57 bits per heavy atom. The van der Waals surface area contributed by atoms with Crippen LogP contribution in [0, 0.1) is 0 Å². The molecule has 0 aliphatic rings. The van der Waals surface area contributed by atoms with Gasteiger partial charge in [0, 0.05) is 0 Å². The summed E-state index contributed by atoms with van der Waals surface area (Å²) in [5.41, 5.74) is 0. The van der Waals surface area contributed by atoms with E-state index in [0.29, 0.717) is 13.0 Å². The minimum atomic E-state index is -3.22. The smallest absolute Gasteiger partial charge is 0.267 e. The minimum Gasteiger partial charge on any atom is -0.270 e. The normalized spacial score (nSPS) is 11.0. The van der Waals surface area contributed by atoms with E-state index in [1.165, 1.54) is 0 Å². The highest BCUT2D eigenvalue weighted by molar-refractivity contribution is 7.86. The summed E-state index contributed by atoms with van der Waals surface area (Å²) in [7, 11) is -3.22. The molecule has 0 spiro atoms. The molecular formula is C9H21FO3S.